The van der Waals surface area contributed by atoms with Gasteiger partial charge in [-0.15, -0.1) is 0 Å². The molecule has 3 nitrogen and oxygen atoms in total. The number of benzene rings is 1. The van der Waals surface area contributed by atoms with Crippen molar-refractivity contribution in [1.82, 2.24) is 10.2 Å². The number of halogens is 2. The van der Waals surface area contributed by atoms with E-state index in [-0.39, 0.29) is 5.91 Å². The highest BCUT2D eigenvalue weighted by Crippen LogP contribution is 2.23. The molecule has 1 amide bonds. The Bertz CT molecular complexity index is 439. The van der Waals surface area contributed by atoms with Gasteiger partial charge in [-0.2, -0.15) is 0 Å². The van der Waals surface area contributed by atoms with Crippen molar-refractivity contribution in [2.75, 3.05) is 19.6 Å². The number of nitrogens with one attached hydrogen (secondary N) is 1. The molecule has 1 saturated heterocycles. The fourth-order valence-electron chi connectivity index (χ4n) is 1.95. The predicted molar refractivity (Wildman–Crippen MR) is 72.5 cm³/mol. The Hall–Kier alpha value is -0.580. The summed E-state index contributed by atoms with van der Waals surface area (Å²) in [5, 5.41) is 3.80. The van der Waals surface area contributed by atoms with Crippen LogP contribution in [0.4, 0.5) is 0 Å². The van der Waals surface area contributed by atoms with Crippen LogP contribution < -0.4 is 5.32 Å². The molecule has 0 aromatic heterocycles. The van der Waals surface area contributed by atoms with Crippen molar-refractivity contribution in [3.63, 3.8) is 0 Å². The highest BCUT2D eigenvalue weighted by atomic mass is 79.9. The lowest BCUT2D eigenvalue weighted by Crippen LogP contribution is -2.51. The van der Waals surface area contributed by atoms with Crippen LogP contribution in [0, 0.1) is 0 Å². The third kappa shape index (κ3) is 3.00. The smallest absolute Gasteiger partial charge is 0.255 e. The highest BCUT2D eigenvalue weighted by molar-refractivity contribution is 9.10. The van der Waals surface area contributed by atoms with E-state index in [1.54, 1.807) is 12.1 Å². The van der Waals surface area contributed by atoms with Gasteiger partial charge in [-0.3, -0.25) is 4.79 Å². The molecule has 5 heteroatoms. The molecule has 2 rings (SSSR count). The minimum atomic E-state index is 0.0100. The summed E-state index contributed by atoms with van der Waals surface area (Å²) >= 11 is 9.42. The first-order chi connectivity index (χ1) is 8.08. The van der Waals surface area contributed by atoms with E-state index in [4.69, 9.17) is 11.6 Å². The van der Waals surface area contributed by atoms with Gasteiger partial charge in [-0.05, 0) is 25.1 Å². The van der Waals surface area contributed by atoms with Crippen molar-refractivity contribution < 1.29 is 4.79 Å². The maximum absolute atomic E-state index is 12.3. The van der Waals surface area contributed by atoms with E-state index in [1.807, 2.05) is 11.0 Å². The number of piperazine rings is 1. The Morgan fingerprint density at radius 1 is 1.59 bits per heavy atom. The Labute approximate surface area is 114 Å². The minimum Gasteiger partial charge on any atom is -0.336 e. The van der Waals surface area contributed by atoms with Crippen LogP contribution in [0.5, 0.6) is 0 Å². The zero-order valence-electron chi connectivity index (χ0n) is 9.54. The van der Waals surface area contributed by atoms with E-state index in [0.29, 0.717) is 16.6 Å². The molecule has 1 aliphatic rings. The Morgan fingerprint density at radius 2 is 2.35 bits per heavy atom. The van der Waals surface area contributed by atoms with Gasteiger partial charge in [0, 0.05) is 30.1 Å². The van der Waals surface area contributed by atoms with Crippen LogP contribution in [0.3, 0.4) is 0 Å². The Kier molecular flexibility index (Phi) is 4.07. The summed E-state index contributed by atoms with van der Waals surface area (Å²) in [5.74, 6) is 0.0100. The SMILES string of the molecule is CC1CN(C(=O)c2ccc(Br)cc2Cl)CCN1. The van der Waals surface area contributed by atoms with Crippen LogP contribution >= 0.6 is 27.5 Å². The van der Waals surface area contributed by atoms with Crippen molar-refractivity contribution in [2.24, 2.45) is 0 Å². The minimum absolute atomic E-state index is 0.0100. The summed E-state index contributed by atoms with van der Waals surface area (Å²) < 4.78 is 0.882. The number of hydrogen-bond donors (Lipinski definition) is 1. The van der Waals surface area contributed by atoms with Gasteiger partial charge in [-0.25, -0.2) is 0 Å². The maximum atomic E-state index is 12.3. The molecule has 1 aliphatic heterocycles. The normalized spacial score (nSPS) is 20.4. The largest absolute Gasteiger partial charge is 0.336 e. The quantitative estimate of drug-likeness (QED) is 0.863. The zero-order chi connectivity index (χ0) is 12.4. The fourth-order valence-corrected chi connectivity index (χ4v) is 2.70. The summed E-state index contributed by atoms with van der Waals surface area (Å²) in [6.07, 6.45) is 0. The molecular weight excluding hydrogens is 304 g/mol. The van der Waals surface area contributed by atoms with Crippen molar-refractivity contribution in [2.45, 2.75) is 13.0 Å². The van der Waals surface area contributed by atoms with Gasteiger partial charge in [0.25, 0.3) is 5.91 Å². The molecule has 1 atom stereocenters. The molecular formula is C12H14BrClN2O. The third-order valence-electron chi connectivity index (χ3n) is 2.82. The molecule has 0 saturated carbocycles. The zero-order valence-corrected chi connectivity index (χ0v) is 11.9. The molecule has 0 aliphatic carbocycles. The van der Waals surface area contributed by atoms with E-state index in [0.717, 1.165) is 24.1 Å². The van der Waals surface area contributed by atoms with Crippen LogP contribution in [-0.2, 0) is 0 Å². The molecule has 0 spiro atoms. The highest BCUT2D eigenvalue weighted by Gasteiger charge is 2.23. The number of amides is 1. The van der Waals surface area contributed by atoms with Crippen LogP contribution in [0.25, 0.3) is 0 Å². The van der Waals surface area contributed by atoms with E-state index in [1.165, 1.54) is 0 Å². The molecule has 1 unspecified atom stereocenters. The lowest BCUT2D eigenvalue weighted by Gasteiger charge is -2.32. The Morgan fingerprint density at radius 3 is 3.00 bits per heavy atom. The fraction of sp³-hybridized carbons (Fsp3) is 0.417. The number of nitrogens with zero attached hydrogens (tertiary/aromatic N) is 1. The summed E-state index contributed by atoms with van der Waals surface area (Å²) in [5.41, 5.74) is 0.573. The molecule has 0 radical (unpaired) electrons. The first kappa shape index (κ1) is 12.9. The van der Waals surface area contributed by atoms with Crippen molar-refractivity contribution in [3.05, 3.63) is 33.3 Å². The average Bonchev–Trinajstić information content (AvgIpc) is 2.28. The van der Waals surface area contributed by atoms with Gasteiger partial charge < -0.3 is 10.2 Å². The molecule has 0 bridgehead atoms. The summed E-state index contributed by atoms with van der Waals surface area (Å²) in [6.45, 7) is 4.37. The summed E-state index contributed by atoms with van der Waals surface area (Å²) in [6, 6.07) is 5.69. The van der Waals surface area contributed by atoms with E-state index >= 15 is 0 Å². The van der Waals surface area contributed by atoms with Crippen LogP contribution in [0.2, 0.25) is 5.02 Å². The van der Waals surface area contributed by atoms with Crippen molar-refractivity contribution in [1.29, 1.82) is 0 Å². The van der Waals surface area contributed by atoms with Gasteiger partial charge in [0.15, 0.2) is 0 Å². The predicted octanol–water partition coefficient (Wildman–Crippen LogP) is 2.54. The molecule has 1 heterocycles. The van der Waals surface area contributed by atoms with Gasteiger partial charge in [-0.1, -0.05) is 27.5 Å². The second-order valence-corrected chi connectivity index (χ2v) is 5.55. The number of carbonyl (C=O) groups is 1. The van der Waals surface area contributed by atoms with Crippen LogP contribution in [0.15, 0.2) is 22.7 Å². The van der Waals surface area contributed by atoms with Crippen LogP contribution in [0.1, 0.15) is 17.3 Å². The molecule has 1 fully saturated rings. The van der Waals surface area contributed by atoms with E-state index in [9.17, 15) is 4.79 Å². The first-order valence-corrected chi connectivity index (χ1v) is 6.72. The molecule has 17 heavy (non-hydrogen) atoms. The maximum Gasteiger partial charge on any atom is 0.255 e. The lowest BCUT2D eigenvalue weighted by molar-refractivity contribution is 0.0709. The first-order valence-electron chi connectivity index (χ1n) is 5.55. The van der Waals surface area contributed by atoms with Crippen molar-refractivity contribution >= 4 is 33.4 Å². The Balaban J connectivity index is 2.18. The lowest BCUT2D eigenvalue weighted by atomic mass is 10.1. The molecule has 1 aromatic carbocycles. The third-order valence-corrected chi connectivity index (χ3v) is 3.62. The van der Waals surface area contributed by atoms with E-state index in [2.05, 4.69) is 28.2 Å². The van der Waals surface area contributed by atoms with Crippen LogP contribution in [-0.4, -0.2) is 36.5 Å². The monoisotopic (exact) mass is 316 g/mol. The molecule has 1 N–H and O–H groups in total. The second-order valence-electron chi connectivity index (χ2n) is 4.23. The summed E-state index contributed by atoms with van der Waals surface area (Å²) in [7, 11) is 0. The van der Waals surface area contributed by atoms with Gasteiger partial charge >= 0.3 is 0 Å². The standard InChI is InChI=1S/C12H14BrClN2O/c1-8-7-16(5-4-15-8)12(17)10-3-2-9(13)6-11(10)14/h2-3,6,8,15H,4-5,7H2,1H3. The van der Waals surface area contributed by atoms with Gasteiger partial charge in [0.2, 0.25) is 0 Å². The van der Waals surface area contributed by atoms with Gasteiger partial charge in [0.05, 0.1) is 10.6 Å². The number of rotatable bonds is 1. The van der Waals surface area contributed by atoms with Gasteiger partial charge in [0.1, 0.15) is 0 Å². The molecule has 92 valence electrons. The topological polar surface area (TPSA) is 32.3 Å². The average molecular weight is 318 g/mol. The second kappa shape index (κ2) is 5.38. The summed E-state index contributed by atoms with van der Waals surface area (Å²) in [4.78, 5) is 14.1. The number of carbonyl (C=O) groups excluding carboxylic acids is 1. The van der Waals surface area contributed by atoms with E-state index < -0.39 is 0 Å². The van der Waals surface area contributed by atoms with Crippen molar-refractivity contribution in [3.8, 4) is 0 Å². The molecule has 1 aromatic rings. The number of hydrogen-bond acceptors (Lipinski definition) is 2.